The molecule has 0 atom stereocenters. The van der Waals surface area contributed by atoms with Crippen molar-refractivity contribution in [2.45, 2.75) is 19.5 Å². The molecule has 142 valence electrons. The third kappa shape index (κ3) is 3.27. The second-order valence-corrected chi connectivity index (χ2v) is 7.73. The molecule has 29 heavy (non-hydrogen) atoms. The molecule has 5 rings (SSSR count). The Morgan fingerprint density at radius 1 is 0.517 bits per heavy atom. The maximum absolute atomic E-state index is 5.83. The van der Waals surface area contributed by atoms with Gasteiger partial charge in [-0.25, -0.2) is 0 Å². The van der Waals surface area contributed by atoms with E-state index in [0.717, 1.165) is 17.5 Å². The van der Waals surface area contributed by atoms with E-state index in [-0.39, 0.29) is 0 Å². The minimum Gasteiger partial charge on any atom is -0.326 e. The second-order valence-electron chi connectivity index (χ2n) is 7.73. The molecule has 0 bridgehead atoms. The maximum atomic E-state index is 5.83. The predicted octanol–water partition coefficient (Wildman–Crippen LogP) is 5.51. The molecule has 1 aliphatic carbocycles. The zero-order valence-electron chi connectivity index (χ0n) is 16.4. The van der Waals surface area contributed by atoms with E-state index in [2.05, 4.69) is 84.9 Å². The quantitative estimate of drug-likeness (QED) is 0.434. The first-order chi connectivity index (χ1) is 14.2. The molecule has 0 aromatic heterocycles. The van der Waals surface area contributed by atoms with Crippen LogP contribution in [0, 0.1) is 0 Å². The highest BCUT2D eigenvalue weighted by Gasteiger charge is 2.19. The third-order valence-electron chi connectivity index (χ3n) is 5.88. The summed E-state index contributed by atoms with van der Waals surface area (Å²) in [6, 6.07) is 30.7. The Morgan fingerprint density at radius 3 is 1.41 bits per heavy atom. The summed E-state index contributed by atoms with van der Waals surface area (Å²) in [5, 5.41) is 0. The molecule has 4 N–H and O–H groups in total. The summed E-state index contributed by atoms with van der Waals surface area (Å²) in [4.78, 5) is 0. The van der Waals surface area contributed by atoms with Gasteiger partial charge in [0.25, 0.3) is 0 Å². The van der Waals surface area contributed by atoms with Crippen LogP contribution in [0.25, 0.3) is 33.4 Å². The molecule has 0 aliphatic heterocycles. The summed E-state index contributed by atoms with van der Waals surface area (Å²) in [5.41, 5.74) is 24.4. The van der Waals surface area contributed by atoms with E-state index in [9.17, 15) is 0 Å². The molecule has 0 unspecified atom stereocenters. The lowest BCUT2D eigenvalue weighted by atomic mass is 9.95. The largest absolute Gasteiger partial charge is 0.326 e. The Hall–Kier alpha value is -3.20. The van der Waals surface area contributed by atoms with E-state index in [1.54, 1.807) is 0 Å². The number of fused-ring (bicyclic) bond motifs is 3. The lowest BCUT2D eigenvalue weighted by molar-refractivity contribution is 1.07. The van der Waals surface area contributed by atoms with E-state index >= 15 is 0 Å². The van der Waals surface area contributed by atoms with E-state index < -0.39 is 0 Å². The van der Waals surface area contributed by atoms with Crippen LogP contribution >= 0.6 is 0 Å². The van der Waals surface area contributed by atoms with E-state index in [0.29, 0.717) is 13.1 Å². The van der Waals surface area contributed by atoms with E-state index in [4.69, 9.17) is 11.5 Å². The molecule has 4 aromatic rings. The van der Waals surface area contributed by atoms with Gasteiger partial charge in [0.2, 0.25) is 0 Å². The number of hydrogen-bond donors (Lipinski definition) is 2. The molecule has 2 heteroatoms. The zero-order valence-corrected chi connectivity index (χ0v) is 16.4. The van der Waals surface area contributed by atoms with Crippen molar-refractivity contribution in [3.8, 4) is 33.4 Å². The predicted molar refractivity (Wildman–Crippen MR) is 121 cm³/mol. The van der Waals surface area contributed by atoms with Crippen molar-refractivity contribution in [3.63, 3.8) is 0 Å². The van der Waals surface area contributed by atoms with Crippen molar-refractivity contribution in [1.29, 1.82) is 0 Å². The molecular weight excluding hydrogens is 352 g/mol. The van der Waals surface area contributed by atoms with E-state index in [1.807, 2.05) is 0 Å². The molecule has 0 radical (unpaired) electrons. The number of benzene rings is 4. The van der Waals surface area contributed by atoms with Crippen molar-refractivity contribution >= 4 is 0 Å². The molecule has 1 aliphatic rings. The molecule has 0 saturated carbocycles. The monoisotopic (exact) mass is 376 g/mol. The molecule has 0 fully saturated rings. The number of hydrogen-bond acceptors (Lipinski definition) is 2. The summed E-state index contributed by atoms with van der Waals surface area (Å²) in [7, 11) is 0. The topological polar surface area (TPSA) is 52.0 Å². The minimum atomic E-state index is 0.562. The standard InChI is InChI=1S/C27H24N2/c28-16-18-3-1-5-20(11-18)22-7-9-24-13-25-10-8-23(15-27(25)26(24)14-22)21-6-2-4-19(12-21)17-29/h1-12,14-15H,13,16-17,28-29H2. The Kier molecular flexibility index (Phi) is 4.51. The minimum absolute atomic E-state index is 0.562. The second kappa shape index (κ2) is 7.32. The maximum Gasteiger partial charge on any atom is 0.0178 e. The van der Waals surface area contributed by atoms with Gasteiger partial charge >= 0.3 is 0 Å². The fourth-order valence-electron chi connectivity index (χ4n) is 4.28. The van der Waals surface area contributed by atoms with Gasteiger partial charge in [0.05, 0.1) is 0 Å². The normalized spacial score (nSPS) is 11.9. The van der Waals surface area contributed by atoms with Crippen LogP contribution in [-0.2, 0) is 19.5 Å². The van der Waals surface area contributed by atoms with Crippen LogP contribution in [0.15, 0.2) is 84.9 Å². The first kappa shape index (κ1) is 17.9. The highest BCUT2D eigenvalue weighted by molar-refractivity contribution is 5.84. The van der Waals surface area contributed by atoms with Gasteiger partial charge in [0.15, 0.2) is 0 Å². The summed E-state index contributed by atoms with van der Waals surface area (Å²) in [6.45, 7) is 1.12. The number of nitrogens with two attached hydrogens (primary N) is 2. The zero-order chi connectivity index (χ0) is 19.8. The van der Waals surface area contributed by atoms with Gasteiger partial charge in [0, 0.05) is 13.1 Å². The third-order valence-corrected chi connectivity index (χ3v) is 5.88. The van der Waals surface area contributed by atoms with Crippen LogP contribution < -0.4 is 11.5 Å². The van der Waals surface area contributed by atoms with Gasteiger partial charge in [-0.2, -0.15) is 0 Å². The smallest absolute Gasteiger partial charge is 0.0178 e. The van der Waals surface area contributed by atoms with Crippen molar-refractivity contribution in [1.82, 2.24) is 0 Å². The molecule has 4 aromatic carbocycles. The van der Waals surface area contributed by atoms with Crippen molar-refractivity contribution in [3.05, 3.63) is 107 Å². The lowest BCUT2D eigenvalue weighted by Crippen LogP contribution is -1.96. The molecule has 2 nitrogen and oxygen atoms in total. The molecule has 0 heterocycles. The van der Waals surface area contributed by atoms with Gasteiger partial charge < -0.3 is 11.5 Å². The Balaban J connectivity index is 1.58. The van der Waals surface area contributed by atoms with E-state index in [1.165, 1.54) is 44.5 Å². The Morgan fingerprint density at radius 2 is 0.966 bits per heavy atom. The molecular formula is C27H24N2. The van der Waals surface area contributed by atoms with Crippen LogP contribution in [0.3, 0.4) is 0 Å². The van der Waals surface area contributed by atoms with Crippen LogP contribution in [0.5, 0.6) is 0 Å². The van der Waals surface area contributed by atoms with Crippen LogP contribution in [0.2, 0.25) is 0 Å². The van der Waals surface area contributed by atoms with Crippen LogP contribution in [-0.4, -0.2) is 0 Å². The Bertz CT molecular complexity index is 1110. The lowest BCUT2D eigenvalue weighted by Gasteiger charge is -2.09. The average Bonchev–Trinajstić information content (AvgIpc) is 3.16. The summed E-state index contributed by atoms with van der Waals surface area (Å²) in [5.74, 6) is 0. The van der Waals surface area contributed by atoms with Gasteiger partial charge in [-0.1, -0.05) is 60.7 Å². The fourth-order valence-corrected chi connectivity index (χ4v) is 4.28. The molecule has 0 saturated heterocycles. The van der Waals surface area contributed by atoms with Crippen molar-refractivity contribution in [2.24, 2.45) is 11.5 Å². The van der Waals surface area contributed by atoms with Gasteiger partial charge in [0.1, 0.15) is 0 Å². The SMILES string of the molecule is NCc1cccc(-c2ccc3c(c2)-c2cc(-c4cccc(CN)c4)ccc2C3)c1. The Labute approximate surface area is 171 Å². The number of rotatable bonds is 4. The summed E-state index contributed by atoms with van der Waals surface area (Å²) >= 11 is 0. The average molecular weight is 377 g/mol. The highest BCUT2D eigenvalue weighted by atomic mass is 14.5. The van der Waals surface area contributed by atoms with Crippen LogP contribution in [0.1, 0.15) is 22.3 Å². The van der Waals surface area contributed by atoms with Crippen molar-refractivity contribution in [2.75, 3.05) is 0 Å². The van der Waals surface area contributed by atoms with Crippen molar-refractivity contribution < 1.29 is 0 Å². The fraction of sp³-hybridized carbons (Fsp3) is 0.111. The van der Waals surface area contributed by atoms with Gasteiger partial charge in [-0.15, -0.1) is 0 Å². The summed E-state index contributed by atoms with van der Waals surface area (Å²) in [6.07, 6.45) is 0.997. The van der Waals surface area contributed by atoms with Gasteiger partial charge in [-0.05, 0) is 86.3 Å². The summed E-state index contributed by atoms with van der Waals surface area (Å²) < 4.78 is 0. The molecule has 0 amide bonds. The van der Waals surface area contributed by atoms with Gasteiger partial charge in [-0.3, -0.25) is 0 Å². The van der Waals surface area contributed by atoms with Crippen LogP contribution in [0.4, 0.5) is 0 Å². The first-order valence-corrected chi connectivity index (χ1v) is 10.1. The first-order valence-electron chi connectivity index (χ1n) is 10.1. The highest BCUT2D eigenvalue weighted by Crippen LogP contribution is 2.41. The molecule has 0 spiro atoms.